The van der Waals surface area contributed by atoms with Crippen molar-refractivity contribution in [2.75, 3.05) is 18.8 Å². The molecule has 0 amide bonds. The Morgan fingerprint density at radius 3 is 2.57 bits per heavy atom. The van der Waals surface area contributed by atoms with Gasteiger partial charge in [0, 0.05) is 10.6 Å². The molecule has 0 N–H and O–H groups in total. The maximum absolute atomic E-state index is 12.5. The molecule has 28 heavy (non-hydrogen) atoms. The molecule has 1 aromatic carbocycles. The molecular formula is C21H24N4OS2. The van der Waals surface area contributed by atoms with Gasteiger partial charge in [-0.2, -0.15) is 0 Å². The second-order valence-corrected chi connectivity index (χ2v) is 9.26. The van der Waals surface area contributed by atoms with Crippen molar-refractivity contribution in [1.82, 2.24) is 19.7 Å². The van der Waals surface area contributed by atoms with Crippen LogP contribution in [0.15, 0.2) is 47.6 Å². The molecule has 1 aliphatic rings. The van der Waals surface area contributed by atoms with Crippen LogP contribution >= 0.6 is 23.1 Å². The van der Waals surface area contributed by atoms with Gasteiger partial charge in [0.2, 0.25) is 0 Å². The van der Waals surface area contributed by atoms with E-state index in [0.717, 1.165) is 46.1 Å². The van der Waals surface area contributed by atoms with Crippen LogP contribution in [0.4, 0.5) is 0 Å². The highest BCUT2D eigenvalue weighted by Gasteiger charge is 2.20. The monoisotopic (exact) mass is 412 g/mol. The summed E-state index contributed by atoms with van der Waals surface area (Å²) in [6.07, 6.45) is 3.80. The topological polar surface area (TPSA) is 51.0 Å². The van der Waals surface area contributed by atoms with Crippen molar-refractivity contribution in [3.05, 3.63) is 58.0 Å². The lowest BCUT2D eigenvalue weighted by molar-refractivity contribution is 0.102. The number of para-hydroxylation sites is 1. The maximum atomic E-state index is 12.5. The van der Waals surface area contributed by atoms with E-state index in [0.29, 0.717) is 5.75 Å². The largest absolute Gasteiger partial charge is 0.296 e. The van der Waals surface area contributed by atoms with Crippen LogP contribution in [0, 0.1) is 6.92 Å². The van der Waals surface area contributed by atoms with Gasteiger partial charge < -0.3 is 0 Å². The van der Waals surface area contributed by atoms with Crippen LogP contribution in [-0.4, -0.2) is 44.3 Å². The summed E-state index contributed by atoms with van der Waals surface area (Å²) in [6.45, 7) is 5.04. The van der Waals surface area contributed by atoms with Crippen LogP contribution < -0.4 is 0 Å². The molecule has 3 aromatic rings. The molecule has 7 heteroatoms. The van der Waals surface area contributed by atoms with Crippen LogP contribution in [0.3, 0.4) is 0 Å². The van der Waals surface area contributed by atoms with E-state index in [1.165, 1.54) is 31.0 Å². The van der Waals surface area contributed by atoms with Gasteiger partial charge in [-0.1, -0.05) is 36.4 Å². The summed E-state index contributed by atoms with van der Waals surface area (Å²) in [7, 11) is 0. The SMILES string of the molecule is Cc1ccc(C(=O)CSc2nnc(CN3CCCCC3)n2-c2ccccc2)s1. The number of carbonyl (C=O) groups is 1. The Kier molecular flexibility index (Phi) is 6.24. The first kappa shape index (κ1) is 19.4. The molecule has 0 bridgehead atoms. The van der Waals surface area contributed by atoms with E-state index in [2.05, 4.69) is 31.8 Å². The first-order valence-electron chi connectivity index (χ1n) is 9.65. The van der Waals surface area contributed by atoms with Gasteiger partial charge in [0.1, 0.15) is 0 Å². The number of hydrogen-bond donors (Lipinski definition) is 0. The molecule has 0 unspecified atom stereocenters. The molecule has 3 heterocycles. The standard InChI is InChI=1S/C21H24N4OS2/c1-16-10-11-19(28-16)18(26)15-27-21-23-22-20(14-24-12-6-3-7-13-24)25(21)17-8-4-2-5-9-17/h2,4-5,8-11H,3,6-7,12-15H2,1H3. The van der Waals surface area contributed by atoms with E-state index in [-0.39, 0.29) is 5.78 Å². The smallest absolute Gasteiger partial charge is 0.196 e. The van der Waals surface area contributed by atoms with E-state index in [1.54, 1.807) is 11.3 Å². The minimum Gasteiger partial charge on any atom is -0.296 e. The molecule has 1 aliphatic heterocycles. The fraction of sp³-hybridized carbons (Fsp3) is 0.381. The molecular weight excluding hydrogens is 388 g/mol. The van der Waals surface area contributed by atoms with Crippen LogP contribution in [0.1, 0.15) is 39.6 Å². The average Bonchev–Trinajstić information content (AvgIpc) is 3.34. The third kappa shape index (κ3) is 4.54. The minimum absolute atomic E-state index is 0.142. The maximum Gasteiger partial charge on any atom is 0.196 e. The van der Waals surface area contributed by atoms with Crippen molar-refractivity contribution in [3.8, 4) is 5.69 Å². The second kappa shape index (κ2) is 9.03. The Labute approximate surface area is 173 Å². The lowest BCUT2D eigenvalue weighted by Crippen LogP contribution is -2.30. The summed E-state index contributed by atoms with van der Waals surface area (Å²) in [5, 5.41) is 9.69. The van der Waals surface area contributed by atoms with Crippen molar-refractivity contribution < 1.29 is 4.79 Å². The quantitative estimate of drug-likeness (QED) is 0.419. The Balaban J connectivity index is 1.55. The summed E-state index contributed by atoms with van der Waals surface area (Å²) in [5.41, 5.74) is 1.04. The lowest BCUT2D eigenvalue weighted by Gasteiger charge is -2.26. The summed E-state index contributed by atoms with van der Waals surface area (Å²) in [4.78, 5) is 16.9. The number of nitrogens with zero attached hydrogens (tertiary/aromatic N) is 4. The summed E-state index contributed by atoms with van der Waals surface area (Å²) in [5.74, 6) is 1.45. The Morgan fingerprint density at radius 2 is 1.86 bits per heavy atom. The Hall–Kier alpha value is -1.96. The number of likely N-dealkylation sites (tertiary alicyclic amines) is 1. The molecule has 0 saturated carbocycles. The van der Waals surface area contributed by atoms with Gasteiger partial charge in [-0.3, -0.25) is 14.3 Å². The fourth-order valence-electron chi connectivity index (χ4n) is 3.44. The molecule has 146 valence electrons. The molecule has 1 fully saturated rings. The Bertz CT molecular complexity index is 929. The zero-order valence-corrected chi connectivity index (χ0v) is 17.6. The molecule has 0 spiro atoms. The van der Waals surface area contributed by atoms with Crippen molar-refractivity contribution in [1.29, 1.82) is 0 Å². The van der Waals surface area contributed by atoms with Gasteiger partial charge in [0.15, 0.2) is 16.8 Å². The number of hydrogen-bond acceptors (Lipinski definition) is 6. The zero-order valence-electron chi connectivity index (χ0n) is 16.0. The van der Waals surface area contributed by atoms with Gasteiger partial charge >= 0.3 is 0 Å². The molecule has 0 atom stereocenters. The number of Topliss-reactive ketones (excluding diaryl/α,β-unsaturated/α-hetero) is 1. The van der Waals surface area contributed by atoms with Crippen LogP contribution in [0.5, 0.6) is 0 Å². The number of rotatable bonds is 7. The number of thiophene rings is 1. The van der Waals surface area contributed by atoms with Gasteiger partial charge in [0.25, 0.3) is 0 Å². The molecule has 2 aromatic heterocycles. The molecule has 5 nitrogen and oxygen atoms in total. The number of carbonyl (C=O) groups excluding carboxylic acids is 1. The van der Waals surface area contributed by atoms with Crippen LogP contribution in [0.2, 0.25) is 0 Å². The van der Waals surface area contributed by atoms with E-state index < -0.39 is 0 Å². The second-order valence-electron chi connectivity index (χ2n) is 7.03. The Morgan fingerprint density at radius 1 is 1.07 bits per heavy atom. The highest BCUT2D eigenvalue weighted by atomic mass is 32.2. The van der Waals surface area contributed by atoms with Crippen molar-refractivity contribution >= 4 is 28.9 Å². The lowest BCUT2D eigenvalue weighted by atomic mass is 10.1. The normalized spacial score (nSPS) is 15.0. The highest BCUT2D eigenvalue weighted by Crippen LogP contribution is 2.25. The first-order chi connectivity index (χ1) is 13.7. The van der Waals surface area contributed by atoms with E-state index >= 15 is 0 Å². The minimum atomic E-state index is 0.142. The molecule has 4 rings (SSSR count). The summed E-state index contributed by atoms with van der Waals surface area (Å²) in [6, 6.07) is 14.1. The third-order valence-corrected chi connectivity index (χ3v) is 6.85. The van der Waals surface area contributed by atoms with E-state index in [9.17, 15) is 4.79 Å². The molecule has 0 aliphatic carbocycles. The number of aryl methyl sites for hydroxylation is 1. The van der Waals surface area contributed by atoms with Gasteiger partial charge in [-0.25, -0.2) is 0 Å². The van der Waals surface area contributed by atoms with Crippen LogP contribution in [-0.2, 0) is 6.54 Å². The predicted octanol–water partition coefficient (Wildman–Crippen LogP) is 4.60. The average molecular weight is 413 g/mol. The van der Waals surface area contributed by atoms with Gasteiger partial charge in [-0.15, -0.1) is 21.5 Å². The van der Waals surface area contributed by atoms with Crippen molar-refractivity contribution in [2.45, 2.75) is 37.9 Å². The van der Waals surface area contributed by atoms with Crippen molar-refractivity contribution in [2.24, 2.45) is 0 Å². The number of aromatic nitrogens is 3. The fourth-order valence-corrected chi connectivity index (χ4v) is 5.19. The number of thioether (sulfide) groups is 1. The molecule has 0 radical (unpaired) electrons. The van der Waals surface area contributed by atoms with E-state index in [4.69, 9.17) is 0 Å². The van der Waals surface area contributed by atoms with Gasteiger partial charge in [0.05, 0.1) is 17.2 Å². The molecule has 1 saturated heterocycles. The van der Waals surface area contributed by atoms with E-state index in [1.807, 2.05) is 37.3 Å². The third-order valence-electron chi connectivity index (χ3n) is 4.88. The summed E-state index contributed by atoms with van der Waals surface area (Å²) < 4.78 is 2.10. The number of piperidine rings is 1. The van der Waals surface area contributed by atoms with Crippen LogP contribution in [0.25, 0.3) is 5.69 Å². The highest BCUT2D eigenvalue weighted by molar-refractivity contribution is 7.99. The number of ketones is 1. The first-order valence-corrected chi connectivity index (χ1v) is 11.5. The number of benzene rings is 1. The zero-order chi connectivity index (χ0) is 19.3. The summed E-state index contributed by atoms with van der Waals surface area (Å²) >= 11 is 3.01. The predicted molar refractivity (Wildman–Crippen MR) is 115 cm³/mol. The van der Waals surface area contributed by atoms with Gasteiger partial charge in [-0.05, 0) is 57.1 Å². The van der Waals surface area contributed by atoms with Crippen molar-refractivity contribution in [3.63, 3.8) is 0 Å².